The Labute approximate surface area is 162 Å². The van der Waals surface area contributed by atoms with Gasteiger partial charge in [0.15, 0.2) is 0 Å². The molecular weight excluding hydrogens is 332 g/mol. The molecule has 2 aromatic heterocycles. The van der Waals surface area contributed by atoms with E-state index in [1.165, 1.54) is 42.4 Å². The predicted octanol–water partition coefficient (Wildman–Crippen LogP) is 4.60. The van der Waals surface area contributed by atoms with Crippen LogP contribution in [0, 0.1) is 19.8 Å². The van der Waals surface area contributed by atoms with Crippen LogP contribution < -0.4 is 0 Å². The van der Waals surface area contributed by atoms with Crippen LogP contribution in [0.25, 0.3) is 10.9 Å². The van der Waals surface area contributed by atoms with Crippen molar-refractivity contribution >= 4 is 10.9 Å². The summed E-state index contributed by atoms with van der Waals surface area (Å²) in [6, 6.07) is 11.7. The highest BCUT2D eigenvalue weighted by Gasteiger charge is 2.25. The minimum Gasteiger partial charge on any atom is -0.296 e. The molecule has 0 N–H and O–H groups in total. The highest BCUT2D eigenvalue weighted by Crippen LogP contribution is 2.29. The Kier molecular flexibility index (Phi) is 5.00. The van der Waals surface area contributed by atoms with Gasteiger partial charge in [-0.3, -0.25) is 14.6 Å². The SMILES string of the molecule is Cc1cc(CC2CCCN(C(C)c3ccc4cn(C)nc4c3)C2)cc(C)n1. The van der Waals surface area contributed by atoms with Gasteiger partial charge in [-0.2, -0.15) is 5.10 Å². The van der Waals surface area contributed by atoms with Gasteiger partial charge < -0.3 is 0 Å². The maximum Gasteiger partial charge on any atom is 0.0926 e. The van der Waals surface area contributed by atoms with Gasteiger partial charge in [0.25, 0.3) is 0 Å². The van der Waals surface area contributed by atoms with Crippen molar-refractivity contribution in [2.75, 3.05) is 13.1 Å². The number of aryl methyl sites for hydroxylation is 3. The first-order valence-electron chi connectivity index (χ1n) is 10.1. The Balaban J connectivity index is 1.47. The van der Waals surface area contributed by atoms with Crippen LogP contribution in [0.5, 0.6) is 0 Å². The van der Waals surface area contributed by atoms with Gasteiger partial charge in [0.2, 0.25) is 0 Å². The van der Waals surface area contributed by atoms with Crippen molar-refractivity contribution in [1.82, 2.24) is 19.7 Å². The second kappa shape index (κ2) is 7.43. The van der Waals surface area contributed by atoms with E-state index in [1.54, 1.807) is 0 Å². The maximum atomic E-state index is 4.58. The molecule has 3 heterocycles. The number of benzene rings is 1. The molecule has 0 radical (unpaired) electrons. The number of fused-ring (bicyclic) bond motifs is 1. The van der Waals surface area contributed by atoms with E-state index in [0.29, 0.717) is 6.04 Å². The average molecular weight is 363 g/mol. The number of hydrogen-bond acceptors (Lipinski definition) is 3. The molecular formula is C23H30N4. The Morgan fingerprint density at radius 2 is 1.93 bits per heavy atom. The number of hydrogen-bond donors (Lipinski definition) is 0. The smallest absolute Gasteiger partial charge is 0.0926 e. The first kappa shape index (κ1) is 18.2. The van der Waals surface area contributed by atoms with Gasteiger partial charge in [-0.05, 0) is 81.8 Å². The molecule has 4 nitrogen and oxygen atoms in total. The standard InChI is InChI=1S/C23H30N4/c1-16-10-20(11-17(2)24-16)12-19-6-5-9-27(14-19)18(3)21-7-8-22-15-26(4)25-23(22)13-21/h7-8,10-11,13,15,18-19H,5-6,9,12,14H2,1-4H3. The number of nitrogens with zero attached hydrogens (tertiary/aromatic N) is 4. The second-order valence-corrected chi connectivity index (χ2v) is 8.26. The first-order valence-corrected chi connectivity index (χ1v) is 10.1. The summed E-state index contributed by atoms with van der Waals surface area (Å²) in [5.74, 6) is 0.723. The Bertz CT molecular complexity index is 922. The Morgan fingerprint density at radius 1 is 1.15 bits per heavy atom. The van der Waals surface area contributed by atoms with Crippen LogP contribution in [0.4, 0.5) is 0 Å². The summed E-state index contributed by atoms with van der Waals surface area (Å²) in [5, 5.41) is 5.80. The number of aromatic nitrogens is 3. The fourth-order valence-corrected chi connectivity index (χ4v) is 4.62. The lowest BCUT2D eigenvalue weighted by molar-refractivity contribution is 0.131. The first-order chi connectivity index (χ1) is 13.0. The third-order valence-corrected chi connectivity index (χ3v) is 5.89. The van der Waals surface area contributed by atoms with Crippen molar-refractivity contribution in [1.29, 1.82) is 0 Å². The monoisotopic (exact) mass is 362 g/mol. The van der Waals surface area contributed by atoms with E-state index in [4.69, 9.17) is 0 Å². The third-order valence-electron chi connectivity index (χ3n) is 5.89. The highest BCUT2D eigenvalue weighted by atomic mass is 15.2. The van der Waals surface area contributed by atoms with Crippen molar-refractivity contribution in [2.45, 2.75) is 46.1 Å². The molecule has 0 spiro atoms. The van der Waals surface area contributed by atoms with E-state index >= 15 is 0 Å². The normalized spacial score (nSPS) is 19.5. The number of piperidine rings is 1. The van der Waals surface area contributed by atoms with E-state index < -0.39 is 0 Å². The molecule has 0 bridgehead atoms. The molecule has 1 aliphatic rings. The summed E-state index contributed by atoms with van der Waals surface area (Å²) >= 11 is 0. The maximum absolute atomic E-state index is 4.58. The minimum atomic E-state index is 0.431. The van der Waals surface area contributed by atoms with E-state index in [2.05, 4.69) is 72.3 Å². The van der Waals surface area contributed by atoms with Crippen LogP contribution in [-0.2, 0) is 13.5 Å². The number of likely N-dealkylation sites (tertiary alicyclic amines) is 1. The molecule has 3 aromatic rings. The van der Waals surface area contributed by atoms with Crippen LogP contribution >= 0.6 is 0 Å². The molecule has 2 unspecified atom stereocenters. The van der Waals surface area contributed by atoms with Gasteiger partial charge in [-0.1, -0.05) is 12.1 Å². The van der Waals surface area contributed by atoms with E-state index in [0.717, 1.165) is 29.2 Å². The molecule has 1 aromatic carbocycles. The van der Waals surface area contributed by atoms with E-state index in [1.807, 2.05) is 11.7 Å². The zero-order chi connectivity index (χ0) is 19.0. The summed E-state index contributed by atoms with van der Waals surface area (Å²) in [6.45, 7) is 8.89. The summed E-state index contributed by atoms with van der Waals surface area (Å²) in [4.78, 5) is 7.17. The fourth-order valence-electron chi connectivity index (χ4n) is 4.62. The second-order valence-electron chi connectivity index (χ2n) is 8.26. The van der Waals surface area contributed by atoms with Crippen LogP contribution in [-0.4, -0.2) is 32.8 Å². The quantitative estimate of drug-likeness (QED) is 0.680. The summed E-state index contributed by atoms with van der Waals surface area (Å²) < 4.78 is 1.90. The molecule has 4 rings (SSSR count). The van der Waals surface area contributed by atoms with Gasteiger partial charge >= 0.3 is 0 Å². The van der Waals surface area contributed by atoms with Gasteiger partial charge in [0, 0.05) is 42.6 Å². The lowest BCUT2D eigenvalue weighted by atomic mass is 9.89. The number of rotatable bonds is 4. The largest absolute Gasteiger partial charge is 0.296 e. The topological polar surface area (TPSA) is 34.0 Å². The molecule has 142 valence electrons. The molecule has 1 fully saturated rings. The van der Waals surface area contributed by atoms with Crippen LogP contribution in [0.15, 0.2) is 36.5 Å². The van der Waals surface area contributed by atoms with Crippen molar-refractivity contribution in [3.8, 4) is 0 Å². The lowest BCUT2D eigenvalue weighted by Crippen LogP contribution is -2.38. The van der Waals surface area contributed by atoms with Crippen LogP contribution in [0.3, 0.4) is 0 Å². The summed E-state index contributed by atoms with van der Waals surface area (Å²) in [6.07, 6.45) is 5.85. The van der Waals surface area contributed by atoms with Gasteiger partial charge in [0.1, 0.15) is 0 Å². The van der Waals surface area contributed by atoms with Crippen molar-refractivity contribution in [3.05, 3.63) is 59.0 Å². The van der Waals surface area contributed by atoms with Crippen molar-refractivity contribution in [3.63, 3.8) is 0 Å². The molecule has 1 aliphatic heterocycles. The molecule has 1 saturated heterocycles. The van der Waals surface area contributed by atoms with E-state index in [9.17, 15) is 0 Å². The Morgan fingerprint density at radius 3 is 2.70 bits per heavy atom. The minimum absolute atomic E-state index is 0.431. The molecule has 0 saturated carbocycles. The molecule has 2 atom stereocenters. The van der Waals surface area contributed by atoms with Gasteiger partial charge in [-0.15, -0.1) is 0 Å². The zero-order valence-corrected chi connectivity index (χ0v) is 16.9. The number of pyridine rings is 1. The summed E-state index contributed by atoms with van der Waals surface area (Å²) in [7, 11) is 1.99. The predicted molar refractivity (Wildman–Crippen MR) is 111 cm³/mol. The van der Waals surface area contributed by atoms with Crippen LogP contribution in [0.2, 0.25) is 0 Å². The third kappa shape index (κ3) is 4.06. The molecule has 27 heavy (non-hydrogen) atoms. The average Bonchev–Trinajstić information content (AvgIpc) is 2.99. The van der Waals surface area contributed by atoms with Crippen molar-refractivity contribution < 1.29 is 0 Å². The van der Waals surface area contributed by atoms with Gasteiger partial charge in [0.05, 0.1) is 5.52 Å². The zero-order valence-electron chi connectivity index (χ0n) is 16.9. The lowest BCUT2D eigenvalue weighted by Gasteiger charge is -2.37. The highest BCUT2D eigenvalue weighted by molar-refractivity contribution is 5.78. The summed E-state index contributed by atoms with van der Waals surface area (Å²) in [5.41, 5.74) is 6.18. The van der Waals surface area contributed by atoms with Crippen molar-refractivity contribution in [2.24, 2.45) is 13.0 Å². The van der Waals surface area contributed by atoms with Crippen LogP contribution in [0.1, 0.15) is 48.3 Å². The molecule has 4 heteroatoms. The molecule has 0 aliphatic carbocycles. The fraction of sp³-hybridized carbons (Fsp3) is 0.478. The Hall–Kier alpha value is -2.20. The van der Waals surface area contributed by atoms with E-state index in [-0.39, 0.29) is 0 Å². The van der Waals surface area contributed by atoms with Gasteiger partial charge in [-0.25, -0.2) is 0 Å². The molecule has 0 amide bonds.